The predicted octanol–water partition coefficient (Wildman–Crippen LogP) is 2.36. The minimum Gasteiger partial charge on any atom is -0.454 e. The maximum atomic E-state index is 12.6. The Morgan fingerprint density at radius 1 is 1.10 bits per heavy atom. The number of likely N-dealkylation sites (tertiary alicyclic amines) is 1. The van der Waals surface area contributed by atoms with Crippen LogP contribution in [0.1, 0.15) is 12.0 Å². The van der Waals surface area contributed by atoms with Crippen molar-refractivity contribution >= 4 is 29.9 Å². The standard InChI is InChI=1S/C20H28F3N5O2.HI/c1-24-19(25-16-4-5-27(12-16)13-20(21,22)23)28-8-6-26(7-9-28)11-15-2-3-17-18(10-15)30-14-29-17;/h2-3,10,16H,4-9,11-14H2,1H3,(H,24,25);1H. The van der Waals surface area contributed by atoms with Crippen molar-refractivity contribution in [1.29, 1.82) is 0 Å². The topological polar surface area (TPSA) is 52.6 Å². The second-order valence-corrected chi connectivity index (χ2v) is 7.98. The summed E-state index contributed by atoms with van der Waals surface area (Å²) < 4.78 is 48.6. The molecule has 3 aliphatic rings. The fraction of sp³-hybridized carbons (Fsp3) is 0.650. The maximum absolute atomic E-state index is 12.6. The lowest BCUT2D eigenvalue weighted by Gasteiger charge is -2.37. The van der Waals surface area contributed by atoms with E-state index in [4.69, 9.17) is 9.47 Å². The quantitative estimate of drug-likeness (QED) is 0.350. The van der Waals surface area contributed by atoms with E-state index in [0.29, 0.717) is 19.5 Å². The molecule has 4 rings (SSSR count). The SMILES string of the molecule is CN=C(NC1CCN(CC(F)(F)F)C1)N1CCN(Cc2ccc3c(c2)OCO3)CC1.I. The number of alkyl halides is 3. The number of benzene rings is 1. The number of fused-ring (bicyclic) bond motifs is 1. The summed E-state index contributed by atoms with van der Waals surface area (Å²) in [7, 11) is 1.73. The van der Waals surface area contributed by atoms with Crippen LogP contribution in [-0.4, -0.2) is 92.5 Å². The zero-order chi connectivity index (χ0) is 21.1. The lowest BCUT2D eigenvalue weighted by Crippen LogP contribution is -2.54. The Hall–Kier alpha value is -1.47. The van der Waals surface area contributed by atoms with Crippen molar-refractivity contribution in [1.82, 2.24) is 20.0 Å². The maximum Gasteiger partial charge on any atom is 0.401 e. The van der Waals surface area contributed by atoms with Crippen LogP contribution < -0.4 is 14.8 Å². The summed E-state index contributed by atoms with van der Waals surface area (Å²) in [4.78, 5) is 10.4. The van der Waals surface area contributed by atoms with Crippen molar-refractivity contribution in [3.8, 4) is 11.5 Å². The largest absolute Gasteiger partial charge is 0.454 e. The van der Waals surface area contributed by atoms with Crippen LogP contribution in [0.15, 0.2) is 23.2 Å². The summed E-state index contributed by atoms with van der Waals surface area (Å²) in [5.74, 6) is 2.36. The molecule has 0 amide bonds. The van der Waals surface area contributed by atoms with Crippen LogP contribution in [0.3, 0.4) is 0 Å². The molecule has 11 heteroatoms. The fourth-order valence-corrected chi connectivity index (χ4v) is 4.24. The van der Waals surface area contributed by atoms with Crippen molar-refractivity contribution < 1.29 is 22.6 Å². The van der Waals surface area contributed by atoms with E-state index in [-0.39, 0.29) is 36.8 Å². The highest BCUT2D eigenvalue weighted by Gasteiger charge is 2.35. The minimum absolute atomic E-state index is 0. The molecule has 2 fully saturated rings. The molecule has 0 saturated carbocycles. The lowest BCUT2D eigenvalue weighted by molar-refractivity contribution is -0.143. The van der Waals surface area contributed by atoms with Crippen molar-refractivity contribution in [3.63, 3.8) is 0 Å². The van der Waals surface area contributed by atoms with Crippen LogP contribution in [0.2, 0.25) is 0 Å². The second kappa shape index (κ2) is 10.4. The molecule has 1 aromatic carbocycles. The van der Waals surface area contributed by atoms with E-state index in [1.807, 2.05) is 12.1 Å². The Morgan fingerprint density at radius 2 is 1.84 bits per heavy atom. The second-order valence-electron chi connectivity index (χ2n) is 7.98. The molecule has 0 aromatic heterocycles. The van der Waals surface area contributed by atoms with Gasteiger partial charge >= 0.3 is 6.18 Å². The first-order chi connectivity index (χ1) is 14.4. The van der Waals surface area contributed by atoms with Gasteiger partial charge in [-0.15, -0.1) is 24.0 Å². The summed E-state index contributed by atoms with van der Waals surface area (Å²) in [5, 5.41) is 3.36. The Labute approximate surface area is 197 Å². The number of guanidine groups is 1. The normalized spacial score (nSPS) is 22.5. The van der Waals surface area contributed by atoms with Crippen LogP contribution in [0.25, 0.3) is 0 Å². The molecular weight excluding hydrogens is 526 g/mol. The molecule has 0 bridgehead atoms. The van der Waals surface area contributed by atoms with Gasteiger partial charge < -0.3 is 19.7 Å². The van der Waals surface area contributed by atoms with Crippen molar-refractivity contribution in [3.05, 3.63) is 23.8 Å². The van der Waals surface area contributed by atoms with Crippen molar-refractivity contribution in [2.75, 3.05) is 59.7 Å². The first-order valence-corrected chi connectivity index (χ1v) is 10.3. The van der Waals surface area contributed by atoms with E-state index < -0.39 is 12.7 Å². The number of nitrogens with zero attached hydrogens (tertiary/aromatic N) is 4. The molecule has 0 radical (unpaired) electrons. The number of ether oxygens (including phenoxy) is 2. The molecule has 3 aliphatic heterocycles. The highest BCUT2D eigenvalue weighted by molar-refractivity contribution is 14.0. The number of nitrogens with one attached hydrogen (secondary N) is 1. The highest BCUT2D eigenvalue weighted by Crippen LogP contribution is 2.32. The molecule has 1 N–H and O–H groups in total. The lowest BCUT2D eigenvalue weighted by atomic mass is 10.1. The van der Waals surface area contributed by atoms with Gasteiger partial charge in [0.1, 0.15) is 0 Å². The number of rotatable bonds is 4. The van der Waals surface area contributed by atoms with E-state index >= 15 is 0 Å². The van der Waals surface area contributed by atoms with E-state index in [0.717, 1.165) is 50.2 Å². The molecule has 31 heavy (non-hydrogen) atoms. The van der Waals surface area contributed by atoms with Gasteiger partial charge in [0.25, 0.3) is 0 Å². The van der Waals surface area contributed by atoms with Gasteiger partial charge in [-0.25, -0.2) is 0 Å². The third kappa shape index (κ3) is 6.51. The van der Waals surface area contributed by atoms with Crippen LogP contribution in [0, 0.1) is 0 Å². The Morgan fingerprint density at radius 3 is 2.55 bits per heavy atom. The average molecular weight is 555 g/mol. The molecule has 1 atom stereocenters. The van der Waals surface area contributed by atoms with Gasteiger partial charge in [0, 0.05) is 58.9 Å². The third-order valence-electron chi connectivity index (χ3n) is 5.74. The number of halogens is 4. The molecule has 174 valence electrons. The number of hydrogen-bond acceptors (Lipinski definition) is 5. The minimum atomic E-state index is -4.15. The van der Waals surface area contributed by atoms with Gasteiger partial charge in [-0.05, 0) is 24.1 Å². The zero-order valence-corrected chi connectivity index (χ0v) is 19.9. The average Bonchev–Trinajstić information content (AvgIpc) is 3.34. The Kier molecular flexibility index (Phi) is 8.14. The van der Waals surface area contributed by atoms with E-state index in [2.05, 4.69) is 26.2 Å². The van der Waals surface area contributed by atoms with E-state index in [9.17, 15) is 13.2 Å². The van der Waals surface area contributed by atoms with Crippen molar-refractivity contribution in [2.45, 2.75) is 25.2 Å². The third-order valence-corrected chi connectivity index (χ3v) is 5.74. The van der Waals surface area contributed by atoms with Gasteiger partial charge in [-0.1, -0.05) is 6.07 Å². The number of aliphatic imine (C=N–C) groups is 1. The van der Waals surface area contributed by atoms with Crippen LogP contribution in [0.5, 0.6) is 11.5 Å². The Balaban J connectivity index is 0.00000272. The van der Waals surface area contributed by atoms with Gasteiger partial charge in [0.2, 0.25) is 6.79 Å². The molecule has 0 aliphatic carbocycles. The molecule has 0 spiro atoms. The molecule has 1 aromatic rings. The van der Waals surface area contributed by atoms with Gasteiger partial charge in [0.15, 0.2) is 17.5 Å². The van der Waals surface area contributed by atoms with Gasteiger partial charge in [-0.3, -0.25) is 14.8 Å². The van der Waals surface area contributed by atoms with E-state index in [1.54, 1.807) is 7.05 Å². The monoisotopic (exact) mass is 555 g/mol. The Bertz CT molecular complexity index is 772. The van der Waals surface area contributed by atoms with Crippen LogP contribution in [0.4, 0.5) is 13.2 Å². The summed E-state index contributed by atoms with van der Waals surface area (Å²) >= 11 is 0. The molecule has 3 heterocycles. The summed E-state index contributed by atoms with van der Waals surface area (Å²) in [6, 6.07) is 6.04. The molecule has 7 nitrogen and oxygen atoms in total. The fourth-order valence-electron chi connectivity index (χ4n) is 4.24. The van der Waals surface area contributed by atoms with Crippen LogP contribution >= 0.6 is 24.0 Å². The molecular formula is C20H29F3IN5O2. The smallest absolute Gasteiger partial charge is 0.401 e. The highest BCUT2D eigenvalue weighted by atomic mass is 127. The van der Waals surface area contributed by atoms with Crippen LogP contribution in [-0.2, 0) is 6.54 Å². The first-order valence-electron chi connectivity index (χ1n) is 10.3. The summed E-state index contributed by atoms with van der Waals surface area (Å²) in [6.07, 6.45) is -3.45. The van der Waals surface area contributed by atoms with Gasteiger partial charge in [0.05, 0.1) is 6.54 Å². The van der Waals surface area contributed by atoms with Crippen molar-refractivity contribution in [2.24, 2.45) is 4.99 Å². The number of piperazine rings is 1. The predicted molar refractivity (Wildman–Crippen MR) is 122 cm³/mol. The zero-order valence-electron chi connectivity index (χ0n) is 17.5. The molecule has 2 saturated heterocycles. The summed E-state index contributed by atoms with van der Waals surface area (Å²) in [5.41, 5.74) is 1.19. The summed E-state index contributed by atoms with van der Waals surface area (Å²) in [6.45, 7) is 4.54. The first kappa shape index (κ1) is 24.2. The van der Waals surface area contributed by atoms with E-state index in [1.165, 1.54) is 10.5 Å². The van der Waals surface area contributed by atoms with Gasteiger partial charge in [-0.2, -0.15) is 13.2 Å². The molecule has 1 unspecified atom stereocenters. The number of hydrogen-bond donors (Lipinski definition) is 1.